The summed E-state index contributed by atoms with van der Waals surface area (Å²) >= 11 is 0. The predicted molar refractivity (Wildman–Crippen MR) is 137 cm³/mol. The molecule has 4 rings (SSSR count). The molecule has 1 aromatic heterocycles. The van der Waals surface area contributed by atoms with Crippen LogP contribution < -0.4 is 9.62 Å². The predicted octanol–water partition coefficient (Wildman–Crippen LogP) is 3.06. The van der Waals surface area contributed by atoms with E-state index in [1.807, 2.05) is 0 Å². The molecule has 1 N–H and O–H groups in total. The fraction of sp³-hybridized carbons (Fsp3) is 0.125. The van der Waals surface area contributed by atoms with Crippen molar-refractivity contribution in [2.45, 2.75) is 9.79 Å². The van der Waals surface area contributed by atoms with E-state index in [2.05, 4.69) is 15.5 Å². The van der Waals surface area contributed by atoms with Crippen LogP contribution in [0, 0.1) is 0 Å². The summed E-state index contributed by atoms with van der Waals surface area (Å²) in [7, 11) is -3.07. The SMILES string of the molecule is CN(C)S(=O)(=O)c1ccc(-c2nnc(NC(=O)c3ccc(S(=O)(=O)N(C)c4ccccc4)cc3)o2)cc1. The average molecular weight is 542 g/mol. The summed E-state index contributed by atoms with van der Waals surface area (Å²) in [5, 5.41) is 10.1. The molecule has 0 saturated carbocycles. The fourth-order valence-corrected chi connectivity index (χ4v) is 5.35. The van der Waals surface area contributed by atoms with Gasteiger partial charge in [-0.15, -0.1) is 5.10 Å². The van der Waals surface area contributed by atoms with Gasteiger partial charge < -0.3 is 4.42 Å². The highest BCUT2D eigenvalue weighted by atomic mass is 32.2. The first kappa shape index (κ1) is 26.0. The molecule has 11 nitrogen and oxygen atoms in total. The van der Waals surface area contributed by atoms with Crippen molar-refractivity contribution in [1.82, 2.24) is 14.5 Å². The molecule has 1 amide bonds. The minimum Gasteiger partial charge on any atom is -0.403 e. The van der Waals surface area contributed by atoms with Crippen molar-refractivity contribution in [3.05, 3.63) is 84.4 Å². The van der Waals surface area contributed by atoms with Gasteiger partial charge in [0.1, 0.15) is 0 Å². The molecule has 0 aliphatic carbocycles. The fourth-order valence-electron chi connectivity index (χ4n) is 3.25. The summed E-state index contributed by atoms with van der Waals surface area (Å²) in [5.74, 6) is -0.502. The molecule has 1 heterocycles. The molecule has 0 unspecified atom stereocenters. The highest BCUT2D eigenvalue weighted by molar-refractivity contribution is 7.92. The Bertz CT molecular complexity index is 1620. The number of rotatable bonds is 8. The van der Waals surface area contributed by atoms with Crippen molar-refractivity contribution < 1.29 is 26.0 Å². The second kappa shape index (κ2) is 10.1. The standard InChI is InChI=1S/C24H23N5O6S2/c1-28(2)36(31,32)20-15-11-18(12-16-20)23-26-27-24(35-23)25-22(30)17-9-13-21(14-10-17)37(33,34)29(3)19-7-5-4-6-8-19/h4-16H,1-3H3,(H,25,27,30). The van der Waals surface area contributed by atoms with Gasteiger partial charge >= 0.3 is 6.01 Å². The number of benzene rings is 3. The molecular weight excluding hydrogens is 518 g/mol. The maximum Gasteiger partial charge on any atom is 0.322 e. The van der Waals surface area contributed by atoms with E-state index in [1.54, 1.807) is 30.3 Å². The van der Waals surface area contributed by atoms with Crippen molar-refractivity contribution in [1.29, 1.82) is 0 Å². The van der Waals surface area contributed by atoms with E-state index in [9.17, 15) is 21.6 Å². The molecule has 3 aromatic carbocycles. The van der Waals surface area contributed by atoms with Crippen LogP contribution >= 0.6 is 0 Å². The lowest BCUT2D eigenvalue weighted by Crippen LogP contribution is -2.26. The van der Waals surface area contributed by atoms with Crippen LogP contribution in [0.1, 0.15) is 10.4 Å². The molecule has 0 atom stereocenters. The number of sulfonamides is 2. The van der Waals surface area contributed by atoms with E-state index >= 15 is 0 Å². The Morgan fingerprint density at radius 1 is 0.757 bits per heavy atom. The van der Waals surface area contributed by atoms with Gasteiger partial charge in [-0.1, -0.05) is 23.3 Å². The number of hydrogen-bond acceptors (Lipinski definition) is 8. The van der Waals surface area contributed by atoms with Crippen LogP contribution in [0.5, 0.6) is 0 Å². The Morgan fingerprint density at radius 2 is 1.32 bits per heavy atom. The lowest BCUT2D eigenvalue weighted by atomic mass is 10.2. The van der Waals surface area contributed by atoms with E-state index in [0.29, 0.717) is 11.3 Å². The van der Waals surface area contributed by atoms with Gasteiger partial charge in [0, 0.05) is 32.3 Å². The van der Waals surface area contributed by atoms with Crippen LogP contribution in [0.15, 0.2) is 93.1 Å². The van der Waals surface area contributed by atoms with Gasteiger partial charge in [0.15, 0.2) is 0 Å². The van der Waals surface area contributed by atoms with Gasteiger partial charge in [-0.2, -0.15) is 0 Å². The van der Waals surface area contributed by atoms with E-state index in [4.69, 9.17) is 4.42 Å². The Hall–Kier alpha value is -4.07. The topological polar surface area (TPSA) is 143 Å². The minimum absolute atomic E-state index is 0.0233. The number of carbonyl (C=O) groups is 1. The molecule has 0 spiro atoms. The Kier molecular flexibility index (Phi) is 7.12. The zero-order valence-electron chi connectivity index (χ0n) is 20.1. The normalized spacial score (nSPS) is 11.9. The van der Waals surface area contributed by atoms with E-state index in [-0.39, 0.29) is 27.3 Å². The lowest BCUT2D eigenvalue weighted by molar-refractivity contribution is 0.102. The molecule has 0 aliphatic rings. The van der Waals surface area contributed by atoms with Crippen LogP contribution in [0.4, 0.5) is 11.7 Å². The molecule has 0 bridgehead atoms. The molecule has 4 aromatic rings. The van der Waals surface area contributed by atoms with Crippen LogP contribution in [0.25, 0.3) is 11.5 Å². The van der Waals surface area contributed by atoms with Gasteiger partial charge in [0.2, 0.25) is 15.9 Å². The third-order valence-corrected chi connectivity index (χ3v) is 9.05. The molecule has 0 saturated heterocycles. The van der Waals surface area contributed by atoms with Crippen LogP contribution in [-0.4, -0.2) is 58.4 Å². The molecular formula is C24H23N5O6S2. The molecule has 0 fully saturated rings. The summed E-state index contributed by atoms with van der Waals surface area (Å²) in [5.41, 5.74) is 1.15. The largest absolute Gasteiger partial charge is 0.403 e. The first-order valence-corrected chi connectivity index (χ1v) is 13.7. The summed E-state index contributed by atoms with van der Waals surface area (Å²) < 4.78 is 58.0. The highest BCUT2D eigenvalue weighted by Crippen LogP contribution is 2.24. The number of amides is 1. The van der Waals surface area contributed by atoms with E-state index in [0.717, 1.165) is 8.61 Å². The first-order valence-electron chi connectivity index (χ1n) is 10.8. The molecule has 192 valence electrons. The Labute approximate surface area is 214 Å². The number of nitrogens with one attached hydrogen (secondary N) is 1. The zero-order valence-corrected chi connectivity index (χ0v) is 21.7. The Morgan fingerprint density at radius 3 is 1.92 bits per heavy atom. The van der Waals surface area contributed by atoms with Gasteiger partial charge in [0.25, 0.3) is 15.9 Å². The first-order chi connectivity index (χ1) is 17.5. The number of aromatic nitrogens is 2. The van der Waals surface area contributed by atoms with E-state index < -0.39 is 26.0 Å². The monoisotopic (exact) mass is 541 g/mol. The summed E-state index contributed by atoms with van der Waals surface area (Å²) in [6, 6.07) is 19.7. The minimum atomic E-state index is -3.82. The number of anilines is 2. The number of hydrogen-bond donors (Lipinski definition) is 1. The summed E-state index contributed by atoms with van der Waals surface area (Å²) in [6.07, 6.45) is 0. The van der Waals surface area contributed by atoms with Gasteiger partial charge in [0.05, 0.1) is 15.5 Å². The van der Waals surface area contributed by atoms with Gasteiger partial charge in [-0.3, -0.25) is 14.4 Å². The second-order valence-electron chi connectivity index (χ2n) is 8.01. The average Bonchev–Trinajstić information content (AvgIpc) is 3.37. The smallest absolute Gasteiger partial charge is 0.322 e. The van der Waals surface area contributed by atoms with Crippen molar-refractivity contribution in [3.63, 3.8) is 0 Å². The van der Waals surface area contributed by atoms with Crippen molar-refractivity contribution in [2.24, 2.45) is 0 Å². The van der Waals surface area contributed by atoms with Gasteiger partial charge in [-0.25, -0.2) is 21.1 Å². The summed E-state index contributed by atoms with van der Waals surface area (Å²) in [4.78, 5) is 12.8. The molecule has 37 heavy (non-hydrogen) atoms. The summed E-state index contributed by atoms with van der Waals surface area (Å²) in [6.45, 7) is 0. The number of carbonyl (C=O) groups excluding carboxylic acids is 1. The number of nitrogens with zero attached hydrogens (tertiary/aromatic N) is 4. The highest BCUT2D eigenvalue weighted by Gasteiger charge is 2.22. The second-order valence-corrected chi connectivity index (χ2v) is 12.1. The van der Waals surface area contributed by atoms with Crippen molar-refractivity contribution in [3.8, 4) is 11.5 Å². The van der Waals surface area contributed by atoms with Crippen LogP contribution in [0.2, 0.25) is 0 Å². The van der Waals surface area contributed by atoms with E-state index in [1.165, 1.54) is 69.7 Å². The zero-order chi connectivity index (χ0) is 26.8. The molecule has 13 heteroatoms. The van der Waals surface area contributed by atoms with Gasteiger partial charge in [-0.05, 0) is 60.7 Å². The third kappa shape index (κ3) is 5.38. The van der Waals surface area contributed by atoms with Crippen molar-refractivity contribution in [2.75, 3.05) is 30.8 Å². The quantitative estimate of drug-likeness (QED) is 0.359. The Balaban J connectivity index is 1.45. The molecule has 0 aliphatic heterocycles. The van der Waals surface area contributed by atoms with Crippen LogP contribution in [-0.2, 0) is 20.0 Å². The number of para-hydroxylation sites is 1. The maximum atomic E-state index is 12.9. The maximum absolute atomic E-state index is 12.9. The van der Waals surface area contributed by atoms with Crippen LogP contribution in [0.3, 0.4) is 0 Å². The van der Waals surface area contributed by atoms with Crippen molar-refractivity contribution >= 4 is 37.7 Å². The lowest BCUT2D eigenvalue weighted by Gasteiger charge is -2.19. The molecule has 0 radical (unpaired) electrons. The third-order valence-electron chi connectivity index (χ3n) is 5.42.